The molecule has 1 fully saturated rings. The number of ether oxygens (including phenoxy) is 1. The van der Waals surface area contributed by atoms with Gasteiger partial charge in [0.25, 0.3) is 0 Å². The number of carbonyl (C=O) groups is 2. The van der Waals surface area contributed by atoms with E-state index < -0.39 is 0 Å². The van der Waals surface area contributed by atoms with Crippen molar-refractivity contribution in [2.45, 2.75) is 19.8 Å². The van der Waals surface area contributed by atoms with Gasteiger partial charge in [0, 0.05) is 25.2 Å². The van der Waals surface area contributed by atoms with Crippen LogP contribution in [0.1, 0.15) is 30.1 Å². The van der Waals surface area contributed by atoms with Crippen molar-refractivity contribution in [1.29, 1.82) is 0 Å². The molecule has 0 bridgehead atoms. The van der Waals surface area contributed by atoms with Gasteiger partial charge in [-0.15, -0.1) is 10.2 Å². The van der Waals surface area contributed by atoms with E-state index in [0.717, 1.165) is 31.7 Å². The summed E-state index contributed by atoms with van der Waals surface area (Å²) in [5, 5.41) is 10.9. The van der Waals surface area contributed by atoms with Gasteiger partial charge in [0.15, 0.2) is 0 Å². The Morgan fingerprint density at radius 3 is 2.76 bits per heavy atom. The number of nitrogens with one attached hydrogen (secondary N) is 1. The smallest absolute Gasteiger partial charge is 0.339 e. The fourth-order valence-electron chi connectivity index (χ4n) is 2.71. The highest BCUT2D eigenvalue weighted by Gasteiger charge is 2.26. The molecule has 2 aromatic heterocycles. The second-order valence-corrected chi connectivity index (χ2v) is 6.45. The van der Waals surface area contributed by atoms with Gasteiger partial charge in [0.1, 0.15) is 11.3 Å². The van der Waals surface area contributed by atoms with Crippen LogP contribution in [0.4, 0.5) is 10.9 Å². The zero-order chi connectivity index (χ0) is 17.6. The second-order valence-electron chi connectivity index (χ2n) is 5.62. The van der Waals surface area contributed by atoms with E-state index in [-0.39, 0.29) is 17.8 Å². The molecule has 25 heavy (non-hydrogen) atoms. The molecule has 0 atom stereocenters. The van der Waals surface area contributed by atoms with Crippen molar-refractivity contribution < 1.29 is 14.3 Å². The average molecular weight is 361 g/mol. The minimum atomic E-state index is -0.367. The molecule has 132 valence electrons. The fourth-order valence-corrected chi connectivity index (χ4v) is 3.16. The highest BCUT2D eigenvalue weighted by molar-refractivity contribution is 7.13. The van der Waals surface area contributed by atoms with Gasteiger partial charge in [-0.05, 0) is 31.9 Å². The fraction of sp³-hybridized carbons (Fsp3) is 0.438. The van der Waals surface area contributed by atoms with Crippen molar-refractivity contribution in [3.63, 3.8) is 0 Å². The lowest BCUT2D eigenvalue weighted by molar-refractivity contribution is -0.120. The number of pyridine rings is 1. The number of hydrogen-bond acceptors (Lipinski definition) is 8. The number of esters is 1. The van der Waals surface area contributed by atoms with Gasteiger partial charge in [-0.25, -0.2) is 9.78 Å². The molecule has 1 saturated heterocycles. The minimum Gasteiger partial charge on any atom is -0.462 e. The number of aromatic nitrogens is 3. The Bertz CT molecular complexity index is 712. The number of anilines is 2. The molecule has 0 saturated carbocycles. The van der Waals surface area contributed by atoms with Crippen LogP contribution in [0.3, 0.4) is 0 Å². The Labute approximate surface area is 149 Å². The lowest BCUT2D eigenvalue weighted by Crippen LogP contribution is -2.38. The number of carbonyl (C=O) groups excluding carboxylic acids is 2. The van der Waals surface area contributed by atoms with E-state index in [1.165, 1.54) is 17.5 Å². The summed E-state index contributed by atoms with van der Waals surface area (Å²) in [4.78, 5) is 30.3. The lowest BCUT2D eigenvalue weighted by atomic mass is 9.96. The molecule has 1 amide bonds. The Balaban J connectivity index is 1.53. The van der Waals surface area contributed by atoms with Crippen LogP contribution in [0.15, 0.2) is 23.8 Å². The Kier molecular flexibility index (Phi) is 5.54. The minimum absolute atomic E-state index is 0.0120. The first-order chi connectivity index (χ1) is 12.2. The Morgan fingerprint density at radius 1 is 1.36 bits per heavy atom. The van der Waals surface area contributed by atoms with E-state index in [0.29, 0.717) is 17.3 Å². The quantitative estimate of drug-likeness (QED) is 0.813. The van der Waals surface area contributed by atoms with Gasteiger partial charge in [0.2, 0.25) is 11.0 Å². The summed E-state index contributed by atoms with van der Waals surface area (Å²) < 4.78 is 4.95. The molecular formula is C16H19N5O3S. The van der Waals surface area contributed by atoms with Crippen LogP contribution in [0.2, 0.25) is 0 Å². The number of piperidine rings is 1. The molecule has 0 spiro atoms. The van der Waals surface area contributed by atoms with Crippen molar-refractivity contribution in [1.82, 2.24) is 15.2 Å². The van der Waals surface area contributed by atoms with E-state index in [4.69, 9.17) is 4.74 Å². The molecule has 1 N–H and O–H groups in total. The second kappa shape index (κ2) is 8.02. The van der Waals surface area contributed by atoms with Gasteiger partial charge < -0.3 is 15.0 Å². The van der Waals surface area contributed by atoms with Gasteiger partial charge in [-0.1, -0.05) is 11.3 Å². The zero-order valence-corrected chi connectivity index (χ0v) is 14.7. The molecule has 9 heteroatoms. The molecule has 3 heterocycles. The van der Waals surface area contributed by atoms with E-state index >= 15 is 0 Å². The first-order valence-electron chi connectivity index (χ1n) is 8.12. The predicted molar refractivity (Wildman–Crippen MR) is 93.7 cm³/mol. The van der Waals surface area contributed by atoms with E-state index in [2.05, 4.69) is 25.4 Å². The Morgan fingerprint density at radius 2 is 2.16 bits per heavy atom. The molecule has 0 unspecified atom stereocenters. The summed E-state index contributed by atoms with van der Waals surface area (Å²) in [6.45, 7) is 3.58. The SMILES string of the molecule is CCOC(=O)c1ccc(N2CCC(C(=O)Nc3nncs3)CC2)nc1. The molecule has 0 aliphatic carbocycles. The monoisotopic (exact) mass is 361 g/mol. The molecule has 1 aliphatic rings. The highest BCUT2D eigenvalue weighted by atomic mass is 32.1. The van der Waals surface area contributed by atoms with E-state index in [1.54, 1.807) is 18.5 Å². The van der Waals surface area contributed by atoms with E-state index in [1.807, 2.05) is 6.07 Å². The molecule has 0 radical (unpaired) electrons. The zero-order valence-electron chi connectivity index (χ0n) is 13.8. The summed E-state index contributed by atoms with van der Waals surface area (Å²) in [6.07, 6.45) is 3.01. The van der Waals surface area contributed by atoms with Gasteiger partial charge >= 0.3 is 5.97 Å². The maximum Gasteiger partial charge on any atom is 0.339 e. The Hall–Kier alpha value is -2.55. The number of amides is 1. The first kappa shape index (κ1) is 17.3. The molecule has 1 aliphatic heterocycles. The van der Waals surface area contributed by atoms with Crippen LogP contribution in [0, 0.1) is 5.92 Å². The average Bonchev–Trinajstić information content (AvgIpc) is 3.15. The molecule has 2 aromatic rings. The van der Waals surface area contributed by atoms with Gasteiger partial charge in [-0.2, -0.15) is 0 Å². The molecule has 0 aromatic carbocycles. The van der Waals surface area contributed by atoms with Crippen LogP contribution in [-0.4, -0.2) is 46.8 Å². The van der Waals surface area contributed by atoms with E-state index in [9.17, 15) is 9.59 Å². The van der Waals surface area contributed by atoms with Gasteiger partial charge in [0.05, 0.1) is 12.2 Å². The third-order valence-corrected chi connectivity index (χ3v) is 4.65. The van der Waals surface area contributed by atoms with Crippen LogP contribution >= 0.6 is 11.3 Å². The number of rotatable bonds is 5. The number of nitrogens with zero attached hydrogens (tertiary/aromatic N) is 4. The van der Waals surface area contributed by atoms with Crippen molar-refractivity contribution in [2.75, 3.05) is 29.9 Å². The van der Waals surface area contributed by atoms with Crippen LogP contribution in [-0.2, 0) is 9.53 Å². The van der Waals surface area contributed by atoms with Crippen molar-refractivity contribution in [3.8, 4) is 0 Å². The number of hydrogen-bond donors (Lipinski definition) is 1. The molecule has 3 rings (SSSR count). The van der Waals surface area contributed by atoms with Crippen molar-refractivity contribution in [2.24, 2.45) is 5.92 Å². The van der Waals surface area contributed by atoms with Crippen molar-refractivity contribution >= 4 is 34.2 Å². The molecule has 8 nitrogen and oxygen atoms in total. The predicted octanol–water partition coefficient (Wildman–Crippen LogP) is 1.96. The maximum absolute atomic E-state index is 12.2. The molecular weight excluding hydrogens is 342 g/mol. The maximum atomic E-state index is 12.2. The van der Waals surface area contributed by atoms with Crippen LogP contribution in [0.5, 0.6) is 0 Å². The van der Waals surface area contributed by atoms with Gasteiger partial charge in [-0.3, -0.25) is 4.79 Å². The standard InChI is InChI=1S/C16H19N5O3S/c1-2-24-15(23)12-3-4-13(17-9-12)21-7-5-11(6-8-21)14(22)19-16-20-18-10-25-16/h3-4,9-11H,2,5-8H2,1H3,(H,19,20,22). The summed E-state index contributed by atoms with van der Waals surface area (Å²) in [6, 6.07) is 3.53. The normalized spacial score (nSPS) is 15.0. The summed E-state index contributed by atoms with van der Waals surface area (Å²) in [7, 11) is 0. The summed E-state index contributed by atoms with van der Waals surface area (Å²) in [5.41, 5.74) is 2.03. The van der Waals surface area contributed by atoms with Crippen molar-refractivity contribution in [3.05, 3.63) is 29.4 Å². The highest BCUT2D eigenvalue weighted by Crippen LogP contribution is 2.23. The first-order valence-corrected chi connectivity index (χ1v) is 9.00. The van der Waals surface area contributed by atoms with Crippen LogP contribution < -0.4 is 10.2 Å². The largest absolute Gasteiger partial charge is 0.462 e. The lowest BCUT2D eigenvalue weighted by Gasteiger charge is -2.32. The van der Waals surface area contributed by atoms with Crippen LogP contribution in [0.25, 0.3) is 0 Å². The third kappa shape index (κ3) is 4.30. The third-order valence-electron chi connectivity index (χ3n) is 4.04. The summed E-state index contributed by atoms with van der Waals surface area (Å²) >= 11 is 1.31. The summed E-state index contributed by atoms with van der Waals surface area (Å²) in [5.74, 6) is 0.380. The topological polar surface area (TPSA) is 97.3 Å².